The summed E-state index contributed by atoms with van der Waals surface area (Å²) in [6, 6.07) is 13.0. The Balaban J connectivity index is 2.40. The highest BCUT2D eigenvalue weighted by Gasteiger charge is 2.17. The summed E-state index contributed by atoms with van der Waals surface area (Å²) in [6.07, 6.45) is 0. The number of benzene rings is 2. The predicted octanol–water partition coefficient (Wildman–Crippen LogP) is 0.694. The van der Waals surface area contributed by atoms with Gasteiger partial charge in [-0.15, -0.1) is 0 Å². The molecule has 1 heterocycles. The summed E-state index contributed by atoms with van der Waals surface area (Å²) in [6.45, 7) is 0. The summed E-state index contributed by atoms with van der Waals surface area (Å²) in [5.74, 6) is 0.639. The minimum atomic E-state index is -0.856. The number of H-pyrrole nitrogens is 1. The summed E-state index contributed by atoms with van der Waals surface area (Å²) in [7, 11) is 2.85. The Morgan fingerprint density at radius 1 is 0.720 bits per heavy atom. The van der Waals surface area contributed by atoms with E-state index in [4.69, 9.17) is 9.47 Å². The molecule has 0 aliphatic heterocycles. The van der Waals surface area contributed by atoms with Crippen molar-refractivity contribution in [2.24, 2.45) is 0 Å². The monoisotopic (exact) mass is 341 g/mol. The van der Waals surface area contributed by atoms with E-state index in [1.807, 2.05) is 0 Å². The van der Waals surface area contributed by atoms with Crippen molar-refractivity contribution in [3.8, 4) is 22.9 Å². The van der Waals surface area contributed by atoms with Crippen LogP contribution in [0.2, 0.25) is 0 Å². The zero-order valence-electron chi connectivity index (χ0n) is 13.6. The third kappa shape index (κ3) is 2.74. The lowest BCUT2D eigenvalue weighted by atomic mass is 10.3. The number of aromatic amines is 1. The second-order valence-electron chi connectivity index (χ2n) is 5.03. The minimum Gasteiger partial charge on any atom is -0.495 e. The molecule has 0 saturated carbocycles. The zero-order chi connectivity index (χ0) is 18.0. The molecule has 0 aliphatic rings. The van der Waals surface area contributed by atoms with Crippen LogP contribution in [0, 0.1) is 0 Å². The van der Waals surface area contributed by atoms with Gasteiger partial charge in [0.1, 0.15) is 11.5 Å². The van der Waals surface area contributed by atoms with Gasteiger partial charge in [-0.25, -0.2) is 23.5 Å². The maximum atomic E-state index is 12.9. The van der Waals surface area contributed by atoms with Gasteiger partial charge in [0.05, 0.1) is 25.6 Å². The van der Waals surface area contributed by atoms with Crippen LogP contribution < -0.4 is 26.5 Å². The molecule has 8 nitrogen and oxygen atoms in total. The molecule has 8 heteroatoms. The number of hydrogen-bond donors (Lipinski definition) is 1. The number of hydrogen-bond acceptors (Lipinski definition) is 5. The molecular weight excluding hydrogens is 326 g/mol. The molecule has 25 heavy (non-hydrogen) atoms. The molecule has 0 radical (unpaired) electrons. The van der Waals surface area contributed by atoms with Crippen LogP contribution in [0.4, 0.5) is 0 Å². The Morgan fingerprint density at radius 2 is 1.12 bits per heavy atom. The summed E-state index contributed by atoms with van der Waals surface area (Å²) in [5, 5.41) is 0. The molecule has 1 N–H and O–H groups in total. The van der Waals surface area contributed by atoms with Crippen LogP contribution in [0.5, 0.6) is 11.5 Å². The summed E-state index contributed by atoms with van der Waals surface area (Å²) in [5.41, 5.74) is -2.10. The Labute approximate surface area is 141 Å². The quantitative estimate of drug-likeness (QED) is 0.753. The van der Waals surface area contributed by atoms with Crippen LogP contribution in [0.15, 0.2) is 62.9 Å². The van der Waals surface area contributed by atoms with Crippen molar-refractivity contribution < 1.29 is 9.47 Å². The maximum absolute atomic E-state index is 12.9. The van der Waals surface area contributed by atoms with Crippen molar-refractivity contribution >= 4 is 0 Å². The van der Waals surface area contributed by atoms with Crippen LogP contribution in [-0.4, -0.2) is 28.3 Å². The van der Waals surface area contributed by atoms with E-state index in [-0.39, 0.29) is 11.4 Å². The fraction of sp³-hybridized carbons (Fsp3) is 0.118. The highest BCUT2D eigenvalue weighted by molar-refractivity contribution is 5.48. The minimum absolute atomic E-state index is 0.222. The fourth-order valence-electron chi connectivity index (χ4n) is 2.53. The first-order valence-electron chi connectivity index (χ1n) is 7.33. The van der Waals surface area contributed by atoms with E-state index in [0.717, 1.165) is 9.13 Å². The summed E-state index contributed by atoms with van der Waals surface area (Å²) in [4.78, 5) is 39.6. The number of rotatable bonds is 4. The van der Waals surface area contributed by atoms with E-state index >= 15 is 0 Å². The van der Waals surface area contributed by atoms with E-state index in [0.29, 0.717) is 11.5 Å². The molecule has 128 valence electrons. The van der Waals surface area contributed by atoms with Gasteiger partial charge in [-0.05, 0) is 24.3 Å². The van der Waals surface area contributed by atoms with Crippen molar-refractivity contribution in [1.82, 2.24) is 14.1 Å². The molecule has 0 amide bonds. The number of nitrogens with zero attached hydrogens (tertiary/aromatic N) is 2. The molecule has 3 rings (SSSR count). The molecule has 0 fully saturated rings. The van der Waals surface area contributed by atoms with E-state index in [2.05, 4.69) is 4.98 Å². The lowest BCUT2D eigenvalue weighted by Gasteiger charge is -2.13. The van der Waals surface area contributed by atoms with Gasteiger partial charge in [0.25, 0.3) is 0 Å². The summed E-state index contributed by atoms with van der Waals surface area (Å²) < 4.78 is 12.1. The van der Waals surface area contributed by atoms with Crippen molar-refractivity contribution in [3.05, 3.63) is 80.0 Å². The van der Waals surface area contributed by atoms with E-state index in [1.165, 1.54) is 14.2 Å². The van der Waals surface area contributed by atoms with Crippen LogP contribution >= 0.6 is 0 Å². The van der Waals surface area contributed by atoms with E-state index < -0.39 is 17.1 Å². The topological polar surface area (TPSA) is 95.3 Å². The number of ether oxygens (including phenoxy) is 2. The zero-order valence-corrected chi connectivity index (χ0v) is 13.6. The standard InChI is InChI=1S/C17H15N3O5/c1-24-13-9-5-3-7-11(13)19-15(21)18-16(22)20(17(19)23)12-8-4-6-10-14(12)25-2/h3-10H,1-2H3,(H,18,21,22). The first-order chi connectivity index (χ1) is 12.1. The lowest BCUT2D eigenvalue weighted by Crippen LogP contribution is -2.48. The molecule has 0 spiro atoms. The van der Waals surface area contributed by atoms with Gasteiger partial charge in [-0.2, -0.15) is 0 Å². The maximum Gasteiger partial charge on any atom is 0.345 e. The van der Waals surface area contributed by atoms with Crippen molar-refractivity contribution in [1.29, 1.82) is 0 Å². The number of methoxy groups -OCH3 is 2. The molecule has 0 saturated heterocycles. The van der Waals surface area contributed by atoms with Gasteiger partial charge in [0, 0.05) is 0 Å². The van der Waals surface area contributed by atoms with Crippen LogP contribution in [-0.2, 0) is 0 Å². The molecule has 0 aliphatic carbocycles. The highest BCUT2D eigenvalue weighted by atomic mass is 16.5. The predicted molar refractivity (Wildman–Crippen MR) is 91.4 cm³/mol. The number of aromatic nitrogens is 3. The van der Waals surface area contributed by atoms with Gasteiger partial charge >= 0.3 is 17.1 Å². The number of nitrogens with one attached hydrogen (secondary N) is 1. The third-order valence-electron chi connectivity index (χ3n) is 3.65. The van der Waals surface area contributed by atoms with Crippen molar-refractivity contribution in [2.45, 2.75) is 0 Å². The SMILES string of the molecule is COc1ccccc1-n1c(=O)[nH]c(=O)n(-c2ccccc2OC)c1=O. The summed E-state index contributed by atoms with van der Waals surface area (Å²) >= 11 is 0. The largest absolute Gasteiger partial charge is 0.495 e. The Hall–Kier alpha value is -3.55. The molecule has 0 unspecified atom stereocenters. The first kappa shape index (κ1) is 16.3. The Kier molecular flexibility index (Phi) is 4.25. The molecular formula is C17H15N3O5. The lowest BCUT2D eigenvalue weighted by molar-refractivity contribution is 0.409. The van der Waals surface area contributed by atoms with Gasteiger partial charge < -0.3 is 9.47 Å². The second-order valence-corrected chi connectivity index (χ2v) is 5.03. The van der Waals surface area contributed by atoms with E-state index in [9.17, 15) is 14.4 Å². The molecule has 3 aromatic rings. The van der Waals surface area contributed by atoms with Gasteiger partial charge in [0.2, 0.25) is 0 Å². The molecule has 0 bridgehead atoms. The van der Waals surface area contributed by atoms with Crippen LogP contribution in [0.25, 0.3) is 11.4 Å². The normalized spacial score (nSPS) is 10.5. The first-order valence-corrected chi connectivity index (χ1v) is 7.33. The smallest absolute Gasteiger partial charge is 0.345 e. The average Bonchev–Trinajstić information content (AvgIpc) is 2.62. The van der Waals surface area contributed by atoms with E-state index in [1.54, 1.807) is 48.5 Å². The van der Waals surface area contributed by atoms with Gasteiger partial charge in [-0.1, -0.05) is 24.3 Å². The van der Waals surface area contributed by atoms with Gasteiger partial charge in [-0.3, -0.25) is 4.98 Å². The average molecular weight is 341 g/mol. The van der Waals surface area contributed by atoms with Crippen molar-refractivity contribution in [2.75, 3.05) is 14.2 Å². The number of para-hydroxylation sites is 4. The van der Waals surface area contributed by atoms with Crippen LogP contribution in [0.1, 0.15) is 0 Å². The molecule has 1 aromatic heterocycles. The Morgan fingerprint density at radius 3 is 1.52 bits per heavy atom. The van der Waals surface area contributed by atoms with Crippen molar-refractivity contribution in [3.63, 3.8) is 0 Å². The molecule has 2 aromatic carbocycles. The second kappa shape index (κ2) is 6.52. The third-order valence-corrected chi connectivity index (χ3v) is 3.65. The highest BCUT2D eigenvalue weighted by Crippen LogP contribution is 2.21. The molecule has 0 atom stereocenters. The van der Waals surface area contributed by atoms with Gasteiger partial charge in [0.15, 0.2) is 0 Å². The fourth-order valence-corrected chi connectivity index (χ4v) is 2.53. The van der Waals surface area contributed by atoms with Crippen LogP contribution in [0.3, 0.4) is 0 Å². The Bertz CT molecular complexity index is 1010.